The Morgan fingerprint density at radius 3 is 2.69 bits per heavy atom. The standard InChI is InChI=1S/C19H16F4N4OS/c20-12-5-3-11(4-6-12)10-24-18(28)14-9-17-25-13(15-2-1-7-29-15)8-16(19(21,22)23)27(17)26-14/h1-7,9,13,16,25H,8,10H2,(H,24,28)/t13-,16-/m0/s1. The molecule has 1 aromatic carbocycles. The van der Waals surface area contributed by atoms with Crippen LogP contribution in [0.25, 0.3) is 0 Å². The van der Waals surface area contributed by atoms with Crippen molar-refractivity contribution >= 4 is 23.1 Å². The van der Waals surface area contributed by atoms with Crippen LogP contribution in [0.1, 0.15) is 39.4 Å². The molecule has 1 amide bonds. The van der Waals surface area contributed by atoms with Crippen LogP contribution in [0, 0.1) is 5.82 Å². The van der Waals surface area contributed by atoms with Gasteiger partial charge < -0.3 is 10.6 Å². The van der Waals surface area contributed by atoms with Gasteiger partial charge in [-0.3, -0.25) is 4.79 Å². The Labute approximate surface area is 167 Å². The first-order valence-electron chi connectivity index (χ1n) is 8.80. The van der Waals surface area contributed by atoms with Crippen LogP contribution in [0.4, 0.5) is 23.4 Å². The predicted molar refractivity (Wildman–Crippen MR) is 100 cm³/mol. The van der Waals surface area contributed by atoms with E-state index in [0.29, 0.717) is 5.56 Å². The Morgan fingerprint density at radius 1 is 1.28 bits per heavy atom. The zero-order valence-electron chi connectivity index (χ0n) is 14.9. The van der Waals surface area contributed by atoms with Crippen LogP contribution in [-0.4, -0.2) is 21.9 Å². The first-order chi connectivity index (χ1) is 13.8. The number of alkyl halides is 3. The molecule has 0 fully saturated rings. The minimum Gasteiger partial charge on any atom is -0.363 e. The average Bonchev–Trinajstić information content (AvgIpc) is 3.35. The molecule has 4 rings (SSSR count). The van der Waals surface area contributed by atoms with Crippen molar-refractivity contribution in [1.82, 2.24) is 15.1 Å². The van der Waals surface area contributed by atoms with E-state index in [-0.39, 0.29) is 24.5 Å². The lowest BCUT2D eigenvalue weighted by molar-refractivity contribution is -0.173. The molecule has 5 nitrogen and oxygen atoms in total. The van der Waals surface area contributed by atoms with Gasteiger partial charge in [-0.25, -0.2) is 9.07 Å². The summed E-state index contributed by atoms with van der Waals surface area (Å²) in [6, 6.07) is 8.09. The maximum atomic E-state index is 13.6. The first-order valence-corrected chi connectivity index (χ1v) is 9.68. The number of hydrogen-bond donors (Lipinski definition) is 2. The van der Waals surface area contributed by atoms with Crippen molar-refractivity contribution in [2.24, 2.45) is 0 Å². The number of carbonyl (C=O) groups is 1. The van der Waals surface area contributed by atoms with Crippen molar-refractivity contribution in [3.63, 3.8) is 0 Å². The lowest BCUT2D eigenvalue weighted by atomic mass is 10.0. The van der Waals surface area contributed by atoms with Crippen LogP contribution in [0.15, 0.2) is 47.8 Å². The Hall–Kier alpha value is -2.88. The number of fused-ring (bicyclic) bond motifs is 1. The van der Waals surface area contributed by atoms with Gasteiger partial charge in [-0.1, -0.05) is 18.2 Å². The molecule has 1 aliphatic heterocycles. The molecule has 2 aromatic heterocycles. The third-order valence-electron chi connectivity index (χ3n) is 4.68. The van der Waals surface area contributed by atoms with E-state index in [1.165, 1.54) is 41.7 Å². The number of nitrogens with one attached hydrogen (secondary N) is 2. The van der Waals surface area contributed by atoms with Gasteiger partial charge in [-0.2, -0.15) is 18.3 Å². The number of anilines is 1. The zero-order valence-corrected chi connectivity index (χ0v) is 15.7. The van der Waals surface area contributed by atoms with Crippen molar-refractivity contribution < 1.29 is 22.4 Å². The maximum absolute atomic E-state index is 13.6. The SMILES string of the molecule is O=C(NCc1ccc(F)cc1)c1cc2n(n1)[C@H](C(F)(F)F)C[C@@H](c1cccs1)N2. The normalized spacial score (nSPS) is 18.8. The quantitative estimate of drug-likeness (QED) is 0.599. The van der Waals surface area contributed by atoms with E-state index in [1.807, 2.05) is 0 Å². The predicted octanol–water partition coefficient (Wildman–Crippen LogP) is 4.67. The van der Waals surface area contributed by atoms with E-state index >= 15 is 0 Å². The fourth-order valence-corrected chi connectivity index (χ4v) is 4.03. The van der Waals surface area contributed by atoms with Crippen LogP contribution < -0.4 is 10.6 Å². The van der Waals surface area contributed by atoms with E-state index < -0.39 is 30.0 Å². The molecule has 0 aliphatic carbocycles. The van der Waals surface area contributed by atoms with Gasteiger partial charge in [-0.05, 0) is 29.1 Å². The molecule has 0 spiro atoms. The fourth-order valence-electron chi connectivity index (χ4n) is 3.24. The Balaban J connectivity index is 1.55. The summed E-state index contributed by atoms with van der Waals surface area (Å²) in [6.45, 7) is 0.106. The molecule has 2 N–H and O–H groups in total. The van der Waals surface area contributed by atoms with Gasteiger partial charge in [0, 0.05) is 23.9 Å². The number of thiophene rings is 1. The molecule has 0 saturated carbocycles. The molecular weight excluding hydrogens is 408 g/mol. The second-order valence-electron chi connectivity index (χ2n) is 6.67. The number of benzene rings is 1. The molecule has 29 heavy (non-hydrogen) atoms. The monoisotopic (exact) mass is 424 g/mol. The van der Waals surface area contributed by atoms with Gasteiger partial charge in [0.05, 0.1) is 6.04 Å². The van der Waals surface area contributed by atoms with Gasteiger partial charge in [0.25, 0.3) is 5.91 Å². The highest BCUT2D eigenvalue weighted by atomic mass is 32.1. The van der Waals surface area contributed by atoms with E-state index in [4.69, 9.17) is 0 Å². The van der Waals surface area contributed by atoms with Gasteiger partial charge in [-0.15, -0.1) is 11.3 Å². The third kappa shape index (κ3) is 4.12. The molecule has 10 heteroatoms. The minimum absolute atomic E-state index is 0.106. The van der Waals surface area contributed by atoms with Crippen LogP contribution in [0.2, 0.25) is 0 Å². The maximum Gasteiger partial charge on any atom is 0.410 e. The summed E-state index contributed by atoms with van der Waals surface area (Å²) >= 11 is 1.37. The summed E-state index contributed by atoms with van der Waals surface area (Å²) in [5.41, 5.74) is 0.545. The Kier molecular flexibility index (Phi) is 5.03. The smallest absolute Gasteiger partial charge is 0.363 e. The number of halogens is 4. The lowest BCUT2D eigenvalue weighted by Gasteiger charge is -2.32. The molecule has 0 unspecified atom stereocenters. The number of aromatic nitrogens is 2. The Morgan fingerprint density at radius 2 is 2.03 bits per heavy atom. The van der Waals surface area contributed by atoms with Crippen molar-refractivity contribution in [1.29, 1.82) is 0 Å². The van der Waals surface area contributed by atoms with Crippen LogP contribution in [0.3, 0.4) is 0 Å². The second kappa shape index (κ2) is 7.51. The largest absolute Gasteiger partial charge is 0.410 e. The van der Waals surface area contributed by atoms with Crippen molar-refractivity contribution in [3.05, 3.63) is 69.8 Å². The summed E-state index contributed by atoms with van der Waals surface area (Å²) in [5.74, 6) is -0.859. The van der Waals surface area contributed by atoms with Crippen molar-refractivity contribution in [3.8, 4) is 0 Å². The molecule has 0 bridgehead atoms. The minimum atomic E-state index is -4.50. The Bertz CT molecular complexity index is 998. The molecule has 3 heterocycles. The average molecular weight is 424 g/mol. The van der Waals surface area contributed by atoms with Crippen LogP contribution >= 0.6 is 11.3 Å². The summed E-state index contributed by atoms with van der Waals surface area (Å²) in [7, 11) is 0. The number of carbonyl (C=O) groups excluding carboxylic acids is 1. The first kappa shape index (κ1) is 19.4. The van der Waals surface area contributed by atoms with E-state index in [0.717, 1.165) is 9.56 Å². The fraction of sp³-hybridized carbons (Fsp3) is 0.263. The topological polar surface area (TPSA) is 59.0 Å². The van der Waals surface area contributed by atoms with Crippen LogP contribution in [-0.2, 0) is 6.54 Å². The molecule has 0 radical (unpaired) electrons. The van der Waals surface area contributed by atoms with Gasteiger partial charge in [0.15, 0.2) is 11.7 Å². The number of nitrogens with zero attached hydrogens (tertiary/aromatic N) is 2. The second-order valence-corrected chi connectivity index (χ2v) is 7.65. The number of rotatable bonds is 4. The molecule has 1 aliphatic rings. The van der Waals surface area contributed by atoms with Gasteiger partial charge >= 0.3 is 6.18 Å². The summed E-state index contributed by atoms with van der Waals surface area (Å²) in [5, 5.41) is 11.3. The van der Waals surface area contributed by atoms with Gasteiger partial charge in [0.2, 0.25) is 0 Å². The van der Waals surface area contributed by atoms with Crippen molar-refractivity contribution in [2.75, 3.05) is 5.32 Å². The van der Waals surface area contributed by atoms with Gasteiger partial charge in [0.1, 0.15) is 11.6 Å². The van der Waals surface area contributed by atoms with E-state index in [9.17, 15) is 22.4 Å². The van der Waals surface area contributed by atoms with E-state index in [1.54, 1.807) is 17.5 Å². The zero-order chi connectivity index (χ0) is 20.6. The highest BCUT2D eigenvalue weighted by Gasteiger charge is 2.47. The summed E-state index contributed by atoms with van der Waals surface area (Å²) in [4.78, 5) is 13.2. The molecule has 3 aromatic rings. The molecule has 2 atom stereocenters. The lowest BCUT2D eigenvalue weighted by Crippen LogP contribution is -2.35. The van der Waals surface area contributed by atoms with Crippen molar-refractivity contribution in [2.45, 2.75) is 31.2 Å². The molecule has 0 saturated heterocycles. The van der Waals surface area contributed by atoms with Crippen LogP contribution in [0.5, 0.6) is 0 Å². The highest BCUT2D eigenvalue weighted by Crippen LogP contribution is 2.44. The molecular formula is C19H16F4N4OS. The number of hydrogen-bond acceptors (Lipinski definition) is 4. The summed E-state index contributed by atoms with van der Waals surface area (Å²) < 4.78 is 54.7. The number of amides is 1. The van der Waals surface area contributed by atoms with E-state index in [2.05, 4.69) is 15.7 Å². The molecule has 152 valence electrons. The third-order valence-corrected chi connectivity index (χ3v) is 5.66. The summed E-state index contributed by atoms with van der Waals surface area (Å²) in [6.07, 6.45) is -4.71. The highest BCUT2D eigenvalue weighted by molar-refractivity contribution is 7.10.